The van der Waals surface area contributed by atoms with Crippen molar-refractivity contribution in [3.63, 3.8) is 0 Å². The first-order chi connectivity index (χ1) is 14.6. The van der Waals surface area contributed by atoms with Crippen LogP contribution >= 0.6 is 0 Å². The number of nitrogens with zero attached hydrogens (tertiary/aromatic N) is 4. The molecule has 8 nitrogen and oxygen atoms in total. The number of ether oxygens (including phenoxy) is 1. The third-order valence-corrected chi connectivity index (χ3v) is 5.84. The molecule has 0 bridgehead atoms. The van der Waals surface area contributed by atoms with Crippen molar-refractivity contribution in [2.45, 2.75) is 12.0 Å². The predicted octanol–water partition coefficient (Wildman–Crippen LogP) is 1.58. The number of hydrogen-bond donors (Lipinski definition) is 0. The fraction of sp³-hybridized carbons (Fsp3) is 0.273. The standard InChI is InChI=1S/C22H20N4O4/c27-19(17-13-23-18-8-4-5-9-25(18)20(17)28)24-10-11-26-21(29)30-15-22(26,14-24)12-16-6-2-1-3-7-16/h1-9,13H,10-12,14-15H2. The number of fused-ring (bicyclic) bond motifs is 2. The summed E-state index contributed by atoms with van der Waals surface area (Å²) in [5.74, 6) is -0.378. The molecule has 0 spiro atoms. The van der Waals surface area contributed by atoms with Crippen LogP contribution in [0.25, 0.3) is 5.65 Å². The van der Waals surface area contributed by atoms with Gasteiger partial charge in [-0.1, -0.05) is 36.4 Å². The van der Waals surface area contributed by atoms with Gasteiger partial charge in [-0.3, -0.25) is 18.9 Å². The maximum atomic E-state index is 13.3. The molecule has 5 rings (SSSR count). The van der Waals surface area contributed by atoms with Crippen LogP contribution in [0.2, 0.25) is 0 Å². The fourth-order valence-electron chi connectivity index (χ4n) is 4.36. The maximum Gasteiger partial charge on any atom is 0.410 e. The van der Waals surface area contributed by atoms with E-state index in [2.05, 4.69) is 4.98 Å². The molecule has 2 aliphatic rings. The highest BCUT2D eigenvalue weighted by Crippen LogP contribution is 2.32. The lowest BCUT2D eigenvalue weighted by atomic mass is 9.88. The Morgan fingerprint density at radius 1 is 1.07 bits per heavy atom. The van der Waals surface area contributed by atoms with Gasteiger partial charge in [0.25, 0.3) is 11.5 Å². The first-order valence-corrected chi connectivity index (χ1v) is 9.81. The third-order valence-electron chi connectivity index (χ3n) is 5.84. The van der Waals surface area contributed by atoms with Crippen LogP contribution in [0, 0.1) is 0 Å². The third kappa shape index (κ3) is 2.92. The van der Waals surface area contributed by atoms with Gasteiger partial charge in [0.15, 0.2) is 0 Å². The number of benzene rings is 1. The minimum atomic E-state index is -0.646. The smallest absolute Gasteiger partial charge is 0.410 e. The lowest BCUT2D eigenvalue weighted by Crippen LogP contribution is -2.63. The Morgan fingerprint density at radius 3 is 2.70 bits per heavy atom. The molecule has 2 aromatic heterocycles. The number of hydrogen-bond acceptors (Lipinski definition) is 5. The lowest BCUT2D eigenvalue weighted by molar-refractivity contribution is 0.0373. The van der Waals surface area contributed by atoms with Crippen LogP contribution in [0.5, 0.6) is 0 Å². The van der Waals surface area contributed by atoms with E-state index in [1.54, 1.807) is 34.2 Å². The van der Waals surface area contributed by atoms with E-state index in [0.717, 1.165) is 5.56 Å². The van der Waals surface area contributed by atoms with Crippen molar-refractivity contribution < 1.29 is 14.3 Å². The van der Waals surface area contributed by atoms with Crippen LogP contribution in [-0.2, 0) is 11.2 Å². The average molecular weight is 404 g/mol. The minimum Gasteiger partial charge on any atom is -0.447 e. The Labute approximate surface area is 172 Å². The Hall–Kier alpha value is -3.68. The Balaban J connectivity index is 1.47. The summed E-state index contributed by atoms with van der Waals surface area (Å²) in [4.78, 5) is 46.0. The van der Waals surface area contributed by atoms with E-state index in [-0.39, 0.29) is 24.2 Å². The van der Waals surface area contributed by atoms with Gasteiger partial charge in [-0.05, 0) is 17.7 Å². The molecule has 1 unspecified atom stereocenters. The molecule has 0 saturated carbocycles. The minimum absolute atomic E-state index is 0.0206. The second-order valence-corrected chi connectivity index (χ2v) is 7.73. The predicted molar refractivity (Wildman–Crippen MR) is 108 cm³/mol. The van der Waals surface area contributed by atoms with Crippen LogP contribution in [0.4, 0.5) is 4.79 Å². The van der Waals surface area contributed by atoms with Gasteiger partial charge in [0, 0.05) is 38.4 Å². The number of pyridine rings is 1. The maximum absolute atomic E-state index is 13.3. The highest BCUT2D eigenvalue weighted by atomic mass is 16.6. The van der Waals surface area contributed by atoms with Crippen LogP contribution in [0.15, 0.2) is 65.7 Å². The topological polar surface area (TPSA) is 84.2 Å². The SMILES string of the molecule is O=C(c1cnc2ccccn2c1=O)N1CCN2C(=O)OCC2(Cc2ccccc2)C1. The van der Waals surface area contributed by atoms with Gasteiger partial charge in [-0.25, -0.2) is 9.78 Å². The second-order valence-electron chi connectivity index (χ2n) is 7.73. The molecule has 1 atom stereocenters. The van der Waals surface area contributed by atoms with E-state index >= 15 is 0 Å². The summed E-state index contributed by atoms with van der Waals surface area (Å²) in [6.07, 6.45) is 3.15. The van der Waals surface area contributed by atoms with Gasteiger partial charge >= 0.3 is 6.09 Å². The number of aromatic nitrogens is 2. The van der Waals surface area contributed by atoms with Gasteiger partial charge < -0.3 is 9.64 Å². The van der Waals surface area contributed by atoms with Crippen molar-refractivity contribution in [2.75, 3.05) is 26.2 Å². The zero-order valence-corrected chi connectivity index (χ0v) is 16.2. The number of amides is 2. The molecule has 3 aromatic rings. The molecule has 0 radical (unpaired) electrons. The summed E-state index contributed by atoms with van der Waals surface area (Å²) in [6.45, 7) is 1.20. The van der Waals surface area contributed by atoms with Gasteiger partial charge in [0.05, 0.1) is 0 Å². The molecule has 0 N–H and O–H groups in total. The number of rotatable bonds is 3. The van der Waals surface area contributed by atoms with Gasteiger partial charge in [-0.15, -0.1) is 0 Å². The second kappa shape index (κ2) is 6.98. The van der Waals surface area contributed by atoms with Gasteiger partial charge in [0.2, 0.25) is 0 Å². The molecule has 0 aliphatic carbocycles. The van der Waals surface area contributed by atoms with Crippen molar-refractivity contribution in [1.29, 1.82) is 0 Å². The Kier molecular flexibility index (Phi) is 4.27. The van der Waals surface area contributed by atoms with Crippen LogP contribution in [0.3, 0.4) is 0 Å². The van der Waals surface area contributed by atoms with Gasteiger partial charge in [-0.2, -0.15) is 0 Å². The molecular weight excluding hydrogens is 384 g/mol. The van der Waals surface area contributed by atoms with E-state index in [4.69, 9.17) is 4.74 Å². The Bertz CT molecular complexity index is 1190. The number of carbonyl (C=O) groups is 2. The first kappa shape index (κ1) is 18.4. The number of carbonyl (C=O) groups excluding carboxylic acids is 2. The van der Waals surface area contributed by atoms with E-state index < -0.39 is 11.1 Å². The summed E-state index contributed by atoms with van der Waals surface area (Å²) in [5.41, 5.74) is 0.519. The van der Waals surface area contributed by atoms with Crippen molar-refractivity contribution in [3.05, 3.63) is 82.4 Å². The van der Waals surface area contributed by atoms with Crippen LogP contribution < -0.4 is 5.56 Å². The lowest BCUT2D eigenvalue weighted by Gasteiger charge is -2.44. The summed E-state index contributed by atoms with van der Waals surface area (Å²) >= 11 is 0. The molecule has 8 heteroatoms. The average Bonchev–Trinajstić information content (AvgIpc) is 3.10. The van der Waals surface area contributed by atoms with Gasteiger partial charge in [0.1, 0.15) is 23.4 Å². The molecular formula is C22H20N4O4. The normalized spacial score (nSPS) is 20.9. The first-order valence-electron chi connectivity index (χ1n) is 9.81. The van der Waals surface area contributed by atoms with E-state index in [9.17, 15) is 14.4 Å². The van der Waals surface area contributed by atoms with Crippen molar-refractivity contribution in [3.8, 4) is 0 Å². The summed E-state index contributed by atoms with van der Waals surface area (Å²) in [7, 11) is 0. The highest BCUT2D eigenvalue weighted by molar-refractivity contribution is 5.94. The van der Waals surface area contributed by atoms with E-state index in [0.29, 0.717) is 31.7 Å². The van der Waals surface area contributed by atoms with Crippen LogP contribution in [-0.4, -0.2) is 63.0 Å². The molecule has 2 fully saturated rings. The molecule has 2 aliphatic heterocycles. The largest absolute Gasteiger partial charge is 0.447 e. The monoisotopic (exact) mass is 404 g/mol. The van der Waals surface area contributed by atoms with E-state index in [1.165, 1.54) is 10.6 Å². The summed E-state index contributed by atoms with van der Waals surface area (Å²) < 4.78 is 6.73. The summed E-state index contributed by atoms with van der Waals surface area (Å²) in [6, 6.07) is 15.0. The fourth-order valence-corrected chi connectivity index (χ4v) is 4.36. The zero-order valence-electron chi connectivity index (χ0n) is 16.2. The van der Waals surface area contributed by atoms with Crippen LogP contribution in [0.1, 0.15) is 15.9 Å². The number of piperazine rings is 1. The quantitative estimate of drug-likeness (QED) is 0.662. The van der Waals surface area contributed by atoms with Crippen molar-refractivity contribution in [1.82, 2.24) is 19.2 Å². The van der Waals surface area contributed by atoms with Crippen molar-refractivity contribution in [2.24, 2.45) is 0 Å². The highest BCUT2D eigenvalue weighted by Gasteiger charge is 2.51. The molecule has 2 saturated heterocycles. The molecule has 1 aromatic carbocycles. The molecule has 152 valence electrons. The molecule has 4 heterocycles. The van der Waals surface area contributed by atoms with Crippen molar-refractivity contribution >= 4 is 17.6 Å². The molecule has 2 amide bonds. The van der Waals surface area contributed by atoms with E-state index in [1.807, 2.05) is 30.3 Å². The number of cyclic esters (lactones) is 1. The zero-order chi connectivity index (χ0) is 20.7. The molecule has 30 heavy (non-hydrogen) atoms. The summed E-state index contributed by atoms with van der Waals surface area (Å²) in [5, 5.41) is 0. The Morgan fingerprint density at radius 2 is 1.87 bits per heavy atom.